The molecule has 1 heteroatoms. The Kier molecular flexibility index (Phi) is 3.13. The number of nitrogens with zero attached hydrogens (tertiary/aromatic N) is 1. The Bertz CT molecular complexity index is 775. The summed E-state index contributed by atoms with van der Waals surface area (Å²) < 4.78 is 0. The predicted molar refractivity (Wildman–Crippen MR) is 98.9 cm³/mol. The largest absolute Gasteiger partial charge is 0.333 e. The van der Waals surface area contributed by atoms with Crippen LogP contribution in [0.25, 0.3) is 0 Å². The fourth-order valence-electron chi connectivity index (χ4n) is 3.68. The molecule has 0 radical (unpaired) electrons. The molecule has 0 N–H and O–H groups in total. The highest BCUT2D eigenvalue weighted by atomic mass is 15.3. The van der Waals surface area contributed by atoms with E-state index in [4.69, 9.17) is 0 Å². The van der Waals surface area contributed by atoms with Crippen LogP contribution in [0.5, 0.6) is 0 Å². The lowest BCUT2D eigenvalue weighted by molar-refractivity contribution is 0.588. The molecule has 2 aromatic rings. The third kappa shape index (κ3) is 2.78. The van der Waals surface area contributed by atoms with E-state index in [2.05, 4.69) is 69.9 Å². The van der Waals surface area contributed by atoms with Gasteiger partial charge in [0.05, 0.1) is 11.4 Å². The Morgan fingerprint density at radius 3 is 2.39 bits per heavy atom. The van der Waals surface area contributed by atoms with Crippen molar-refractivity contribution >= 4 is 11.4 Å². The maximum Gasteiger partial charge on any atom is 0.0685 e. The van der Waals surface area contributed by atoms with Crippen LogP contribution >= 0.6 is 0 Å². The van der Waals surface area contributed by atoms with Gasteiger partial charge in [-0.3, -0.25) is 0 Å². The maximum absolute atomic E-state index is 2.47. The zero-order valence-electron chi connectivity index (χ0n) is 15.0. The van der Waals surface area contributed by atoms with Crippen molar-refractivity contribution in [1.82, 2.24) is 0 Å². The van der Waals surface area contributed by atoms with Crippen LogP contribution in [-0.2, 0) is 12.0 Å². The number of hydrogen-bond donors (Lipinski definition) is 0. The standard InChI is InChI=1S/C22H27N/c1-14-8-15(2)21-20(9-14)23(21)13-16-10-18(17-6-7-17)12-19(11-16)22(3,4)5/h8-12,17H,6-7,13H2,1-5H3. The van der Waals surface area contributed by atoms with E-state index in [1.165, 1.54) is 46.5 Å². The van der Waals surface area contributed by atoms with Gasteiger partial charge in [-0.25, -0.2) is 0 Å². The molecule has 4 rings (SSSR count). The average molecular weight is 305 g/mol. The summed E-state index contributed by atoms with van der Waals surface area (Å²) in [4.78, 5) is 2.47. The van der Waals surface area contributed by atoms with Crippen LogP contribution in [0.1, 0.15) is 67.3 Å². The van der Waals surface area contributed by atoms with Crippen molar-refractivity contribution in [3.63, 3.8) is 0 Å². The van der Waals surface area contributed by atoms with Crippen LogP contribution in [0.15, 0.2) is 30.3 Å². The quantitative estimate of drug-likeness (QED) is 0.616. The molecule has 1 heterocycles. The van der Waals surface area contributed by atoms with Crippen LogP contribution in [0.2, 0.25) is 0 Å². The lowest BCUT2D eigenvalue weighted by Gasteiger charge is -2.21. The lowest BCUT2D eigenvalue weighted by Crippen LogP contribution is -2.13. The Morgan fingerprint density at radius 1 is 1.00 bits per heavy atom. The van der Waals surface area contributed by atoms with Gasteiger partial charge in [0, 0.05) is 6.54 Å². The van der Waals surface area contributed by atoms with E-state index in [0.717, 1.165) is 12.5 Å². The van der Waals surface area contributed by atoms with Crippen molar-refractivity contribution in [2.24, 2.45) is 0 Å². The first kappa shape index (κ1) is 14.8. The smallest absolute Gasteiger partial charge is 0.0685 e. The Labute approximate surface area is 140 Å². The van der Waals surface area contributed by atoms with Crippen LogP contribution in [-0.4, -0.2) is 0 Å². The summed E-state index contributed by atoms with van der Waals surface area (Å²) in [5.74, 6) is 0.816. The summed E-state index contributed by atoms with van der Waals surface area (Å²) in [6, 6.07) is 11.9. The normalized spacial score (nSPS) is 16.5. The van der Waals surface area contributed by atoms with Crippen molar-refractivity contribution in [3.8, 4) is 0 Å². The third-order valence-corrected chi connectivity index (χ3v) is 5.21. The Hall–Kier alpha value is -1.76. The number of anilines is 2. The highest BCUT2D eigenvalue weighted by Crippen LogP contribution is 2.52. The molecule has 0 bridgehead atoms. The first-order chi connectivity index (χ1) is 10.8. The van der Waals surface area contributed by atoms with E-state index < -0.39 is 0 Å². The van der Waals surface area contributed by atoms with Gasteiger partial charge in [0.15, 0.2) is 0 Å². The molecule has 1 saturated carbocycles. The molecule has 0 atom stereocenters. The lowest BCUT2D eigenvalue weighted by atomic mass is 9.84. The van der Waals surface area contributed by atoms with Crippen LogP contribution in [0.4, 0.5) is 11.4 Å². The van der Waals surface area contributed by atoms with Crippen LogP contribution in [0, 0.1) is 13.8 Å². The summed E-state index contributed by atoms with van der Waals surface area (Å²) in [5, 5.41) is 0. The molecule has 1 fully saturated rings. The van der Waals surface area contributed by atoms with Crippen LogP contribution < -0.4 is 4.90 Å². The number of hydrogen-bond acceptors (Lipinski definition) is 1. The summed E-state index contributed by atoms with van der Waals surface area (Å²) in [6.45, 7) is 12.4. The van der Waals surface area contributed by atoms with Gasteiger partial charge in [-0.15, -0.1) is 0 Å². The SMILES string of the molecule is Cc1cc(C)c2c(c1)N2Cc1cc(C2CC2)cc(C(C)(C)C)c1. The fourth-order valence-corrected chi connectivity index (χ4v) is 3.68. The van der Waals surface area contributed by atoms with E-state index in [1.807, 2.05) is 0 Å². The van der Waals surface area contributed by atoms with Gasteiger partial charge < -0.3 is 4.90 Å². The highest BCUT2D eigenvalue weighted by Gasteiger charge is 2.32. The molecule has 1 aliphatic carbocycles. The Morgan fingerprint density at radius 2 is 1.74 bits per heavy atom. The van der Waals surface area contributed by atoms with Crippen molar-refractivity contribution in [1.29, 1.82) is 0 Å². The minimum atomic E-state index is 0.220. The molecule has 0 unspecified atom stereocenters. The minimum Gasteiger partial charge on any atom is -0.333 e. The molecule has 0 saturated heterocycles. The van der Waals surface area contributed by atoms with Crippen molar-refractivity contribution < 1.29 is 0 Å². The fraction of sp³-hybridized carbons (Fsp3) is 0.455. The van der Waals surface area contributed by atoms with Crippen molar-refractivity contribution in [2.75, 3.05) is 4.90 Å². The zero-order valence-corrected chi connectivity index (χ0v) is 15.0. The Balaban J connectivity index is 1.65. The second-order valence-electron chi connectivity index (χ2n) is 8.52. The van der Waals surface area contributed by atoms with Crippen molar-refractivity contribution in [2.45, 2.75) is 65.3 Å². The number of aryl methyl sites for hydroxylation is 2. The molecule has 23 heavy (non-hydrogen) atoms. The van der Waals surface area contributed by atoms with Crippen LogP contribution in [0.3, 0.4) is 0 Å². The number of fused-ring (bicyclic) bond motifs is 1. The van der Waals surface area contributed by atoms with Crippen molar-refractivity contribution in [3.05, 3.63) is 58.1 Å². The summed E-state index contributed by atoms with van der Waals surface area (Å²) >= 11 is 0. The monoisotopic (exact) mass is 305 g/mol. The second-order valence-corrected chi connectivity index (χ2v) is 8.52. The number of benzene rings is 2. The molecule has 1 aliphatic heterocycles. The molecule has 1 nitrogen and oxygen atoms in total. The molecule has 0 amide bonds. The zero-order chi connectivity index (χ0) is 16.4. The molecular weight excluding hydrogens is 278 g/mol. The topological polar surface area (TPSA) is 3.01 Å². The number of rotatable bonds is 3. The van der Waals surface area contributed by atoms with E-state index in [9.17, 15) is 0 Å². The van der Waals surface area contributed by atoms with E-state index in [0.29, 0.717) is 0 Å². The van der Waals surface area contributed by atoms with Gasteiger partial charge in [0.2, 0.25) is 0 Å². The molecule has 2 aliphatic rings. The van der Waals surface area contributed by atoms with Gasteiger partial charge in [0.25, 0.3) is 0 Å². The second kappa shape index (κ2) is 4.87. The highest BCUT2D eigenvalue weighted by molar-refractivity contribution is 5.95. The average Bonchev–Trinajstić information content (AvgIpc) is 3.33. The molecule has 0 spiro atoms. The van der Waals surface area contributed by atoms with E-state index >= 15 is 0 Å². The predicted octanol–water partition coefficient (Wildman–Crippen LogP) is 6.13. The molecular formula is C22H27N. The minimum absolute atomic E-state index is 0.220. The van der Waals surface area contributed by atoms with Gasteiger partial charge in [-0.2, -0.15) is 0 Å². The van der Waals surface area contributed by atoms with E-state index in [1.54, 1.807) is 5.56 Å². The van der Waals surface area contributed by atoms with E-state index in [-0.39, 0.29) is 5.41 Å². The van der Waals surface area contributed by atoms with Gasteiger partial charge in [-0.05, 0) is 71.9 Å². The molecule has 2 aromatic carbocycles. The summed E-state index contributed by atoms with van der Waals surface area (Å²) in [6.07, 6.45) is 2.74. The summed E-state index contributed by atoms with van der Waals surface area (Å²) in [7, 11) is 0. The first-order valence-electron chi connectivity index (χ1n) is 8.86. The van der Waals surface area contributed by atoms with Gasteiger partial charge >= 0.3 is 0 Å². The molecule has 0 aromatic heterocycles. The molecule has 120 valence electrons. The summed E-state index contributed by atoms with van der Waals surface area (Å²) in [5.41, 5.74) is 10.4. The maximum atomic E-state index is 2.47. The third-order valence-electron chi connectivity index (χ3n) is 5.21. The van der Waals surface area contributed by atoms with Gasteiger partial charge in [0.1, 0.15) is 0 Å². The van der Waals surface area contributed by atoms with Gasteiger partial charge in [-0.1, -0.05) is 45.0 Å². The first-order valence-corrected chi connectivity index (χ1v) is 8.86.